The first-order valence-electron chi connectivity index (χ1n) is 4.69. The van der Waals surface area contributed by atoms with E-state index in [9.17, 15) is 0 Å². The van der Waals surface area contributed by atoms with Gasteiger partial charge in [-0.05, 0) is 25.7 Å². The van der Waals surface area contributed by atoms with Crippen LogP contribution in [0.5, 0.6) is 0 Å². The van der Waals surface area contributed by atoms with Crippen molar-refractivity contribution in [3.8, 4) is 0 Å². The van der Waals surface area contributed by atoms with Gasteiger partial charge in [0.25, 0.3) is 0 Å². The molecule has 3 N–H and O–H groups in total. The van der Waals surface area contributed by atoms with Gasteiger partial charge in [-0.25, -0.2) is 4.98 Å². The molecule has 1 unspecified atom stereocenters. The van der Waals surface area contributed by atoms with Gasteiger partial charge in [0.2, 0.25) is 0 Å². The molecule has 0 radical (unpaired) electrons. The average molecular weight is 197 g/mol. The van der Waals surface area contributed by atoms with E-state index >= 15 is 0 Å². The zero-order valence-corrected chi connectivity index (χ0v) is 8.60. The fraction of sp³-hybridized carbons (Fsp3) is 0.667. The van der Waals surface area contributed by atoms with Gasteiger partial charge in [0.05, 0.1) is 17.2 Å². The van der Waals surface area contributed by atoms with Crippen LogP contribution in [0.3, 0.4) is 0 Å². The van der Waals surface area contributed by atoms with Crippen LogP contribution in [0.25, 0.3) is 0 Å². The highest BCUT2D eigenvalue weighted by atomic mass is 32.1. The lowest BCUT2D eigenvalue weighted by atomic mass is 9.79. The largest absolute Gasteiger partial charge is 0.271 e. The number of hydrogen-bond donors (Lipinski definition) is 2. The molecule has 72 valence electrons. The molecule has 1 aliphatic rings. The Kier molecular flexibility index (Phi) is 2.62. The fourth-order valence-electron chi connectivity index (χ4n) is 1.81. The molecule has 13 heavy (non-hydrogen) atoms. The molecule has 1 aromatic heterocycles. The van der Waals surface area contributed by atoms with Gasteiger partial charge in [0, 0.05) is 4.88 Å². The first-order valence-corrected chi connectivity index (χ1v) is 5.57. The van der Waals surface area contributed by atoms with Crippen LogP contribution in [0, 0.1) is 12.8 Å². The van der Waals surface area contributed by atoms with Crippen molar-refractivity contribution in [3.63, 3.8) is 0 Å². The Balaban J connectivity index is 2.16. The van der Waals surface area contributed by atoms with Crippen LogP contribution >= 0.6 is 11.3 Å². The SMILES string of the molecule is Cc1ncsc1C(NN)C1CCC1. The minimum atomic E-state index is 0.334. The standard InChI is InChI=1S/C9H15N3S/c1-6-9(13-5-11-6)8(12-10)7-3-2-4-7/h5,7-8,12H,2-4,10H2,1H3. The summed E-state index contributed by atoms with van der Waals surface area (Å²) in [6, 6.07) is 0.334. The molecule has 4 heteroatoms. The average Bonchev–Trinajstić information content (AvgIpc) is 2.43. The van der Waals surface area contributed by atoms with Crippen LogP contribution in [0.1, 0.15) is 35.9 Å². The fourth-order valence-corrected chi connectivity index (χ4v) is 2.76. The second-order valence-electron chi connectivity index (χ2n) is 3.64. The van der Waals surface area contributed by atoms with Crippen molar-refractivity contribution >= 4 is 11.3 Å². The number of nitrogens with two attached hydrogens (primary N) is 1. The topological polar surface area (TPSA) is 50.9 Å². The monoisotopic (exact) mass is 197 g/mol. The molecular weight excluding hydrogens is 182 g/mol. The summed E-state index contributed by atoms with van der Waals surface area (Å²) in [5, 5.41) is 0. The summed E-state index contributed by atoms with van der Waals surface area (Å²) in [5.74, 6) is 6.30. The number of nitrogens with zero attached hydrogens (tertiary/aromatic N) is 1. The summed E-state index contributed by atoms with van der Waals surface area (Å²) in [6.07, 6.45) is 3.94. The molecule has 3 nitrogen and oxygen atoms in total. The maximum absolute atomic E-state index is 5.57. The van der Waals surface area contributed by atoms with E-state index in [1.807, 2.05) is 5.51 Å². The first-order chi connectivity index (χ1) is 6.33. The summed E-state index contributed by atoms with van der Waals surface area (Å²) >= 11 is 1.71. The minimum absolute atomic E-state index is 0.334. The summed E-state index contributed by atoms with van der Waals surface area (Å²) < 4.78 is 0. The van der Waals surface area contributed by atoms with E-state index in [2.05, 4.69) is 17.3 Å². The van der Waals surface area contributed by atoms with E-state index in [-0.39, 0.29) is 0 Å². The molecule has 0 saturated heterocycles. The lowest BCUT2D eigenvalue weighted by Gasteiger charge is -2.32. The van der Waals surface area contributed by atoms with Crippen molar-refractivity contribution in [1.82, 2.24) is 10.4 Å². The van der Waals surface area contributed by atoms with E-state index in [4.69, 9.17) is 5.84 Å². The van der Waals surface area contributed by atoms with E-state index in [0.717, 1.165) is 11.6 Å². The quantitative estimate of drug-likeness (QED) is 0.573. The Labute approximate surface area is 82.3 Å². The zero-order valence-electron chi connectivity index (χ0n) is 7.79. The molecule has 0 bridgehead atoms. The number of aryl methyl sites for hydroxylation is 1. The maximum Gasteiger partial charge on any atom is 0.0798 e. The normalized spacial score (nSPS) is 19.8. The molecule has 1 aliphatic carbocycles. The zero-order chi connectivity index (χ0) is 9.26. The summed E-state index contributed by atoms with van der Waals surface area (Å²) in [6.45, 7) is 2.05. The Bertz CT molecular complexity index is 280. The molecular formula is C9H15N3S. The van der Waals surface area contributed by atoms with Gasteiger partial charge in [-0.1, -0.05) is 6.42 Å². The highest BCUT2D eigenvalue weighted by Gasteiger charge is 2.29. The Morgan fingerprint density at radius 1 is 1.69 bits per heavy atom. The van der Waals surface area contributed by atoms with Crippen LogP contribution < -0.4 is 11.3 Å². The van der Waals surface area contributed by atoms with Crippen LogP contribution in [0.4, 0.5) is 0 Å². The third kappa shape index (κ3) is 1.61. The number of hydrogen-bond acceptors (Lipinski definition) is 4. The number of hydrazine groups is 1. The van der Waals surface area contributed by atoms with Crippen LogP contribution in [-0.4, -0.2) is 4.98 Å². The lowest BCUT2D eigenvalue weighted by molar-refractivity contribution is 0.234. The molecule has 0 spiro atoms. The number of nitrogens with one attached hydrogen (secondary N) is 1. The van der Waals surface area contributed by atoms with Gasteiger partial charge >= 0.3 is 0 Å². The summed E-state index contributed by atoms with van der Waals surface area (Å²) in [4.78, 5) is 5.56. The van der Waals surface area contributed by atoms with Gasteiger partial charge in [0.15, 0.2) is 0 Å². The number of thiazole rings is 1. The molecule has 0 aliphatic heterocycles. The molecule has 0 amide bonds. The van der Waals surface area contributed by atoms with Crippen molar-refractivity contribution in [2.75, 3.05) is 0 Å². The lowest BCUT2D eigenvalue weighted by Crippen LogP contribution is -2.36. The summed E-state index contributed by atoms with van der Waals surface area (Å²) in [7, 11) is 0. The molecule has 1 fully saturated rings. The Morgan fingerprint density at radius 3 is 2.85 bits per heavy atom. The van der Waals surface area contributed by atoms with Gasteiger partial charge in [-0.3, -0.25) is 11.3 Å². The molecule has 0 aromatic carbocycles. The highest BCUT2D eigenvalue weighted by molar-refractivity contribution is 7.09. The predicted molar refractivity (Wildman–Crippen MR) is 54.3 cm³/mol. The number of aromatic nitrogens is 1. The minimum Gasteiger partial charge on any atom is -0.271 e. The van der Waals surface area contributed by atoms with Crippen LogP contribution in [-0.2, 0) is 0 Å². The van der Waals surface area contributed by atoms with Crippen molar-refractivity contribution in [2.45, 2.75) is 32.2 Å². The van der Waals surface area contributed by atoms with Gasteiger partial charge in [-0.15, -0.1) is 11.3 Å². The van der Waals surface area contributed by atoms with Crippen LogP contribution in [0.15, 0.2) is 5.51 Å². The van der Waals surface area contributed by atoms with Crippen molar-refractivity contribution in [1.29, 1.82) is 0 Å². The van der Waals surface area contributed by atoms with Gasteiger partial charge in [-0.2, -0.15) is 0 Å². The van der Waals surface area contributed by atoms with Crippen molar-refractivity contribution in [2.24, 2.45) is 11.8 Å². The Hall–Kier alpha value is -0.450. The third-order valence-electron chi connectivity index (χ3n) is 2.87. The molecule has 1 atom stereocenters. The van der Waals surface area contributed by atoms with Crippen molar-refractivity contribution < 1.29 is 0 Å². The van der Waals surface area contributed by atoms with Crippen molar-refractivity contribution in [3.05, 3.63) is 16.1 Å². The molecule has 2 rings (SSSR count). The number of rotatable bonds is 3. The second-order valence-corrected chi connectivity index (χ2v) is 4.52. The molecule has 1 heterocycles. The van der Waals surface area contributed by atoms with E-state index in [0.29, 0.717) is 6.04 Å². The van der Waals surface area contributed by atoms with Gasteiger partial charge in [0.1, 0.15) is 0 Å². The first kappa shape index (κ1) is 9.12. The Morgan fingerprint density at radius 2 is 2.46 bits per heavy atom. The molecule has 1 aromatic rings. The third-order valence-corrected chi connectivity index (χ3v) is 3.88. The maximum atomic E-state index is 5.57. The van der Waals surface area contributed by atoms with Crippen LogP contribution in [0.2, 0.25) is 0 Å². The second kappa shape index (κ2) is 3.74. The summed E-state index contributed by atoms with van der Waals surface area (Å²) in [5.41, 5.74) is 5.94. The van der Waals surface area contributed by atoms with Gasteiger partial charge < -0.3 is 0 Å². The van der Waals surface area contributed by atoms with E-state index in [1.54, 1.807) is 11.3 Å². The van der Waals surface area contributed by atoms with E-state index < -0.39 is 0 Å². The molecule has 1 saturated carbocycles. The predicted octanol–water partition coefficient (Wildman–Crippen LogP) is 1.76. The highest BCUT2D eigenvalue weighted by Crippen LogP contribution is 2.39. The van der Waals surface area contributed by atoms with E-state index in [1.165, 1.54) is 24.1 Å². The smallest absolute Gasteiger partial charge is 0.0798 e.